The van der Waals surface area contributed by atoms with Gasteiger partial charge in [0.1, 0.15) is 6.04 Å². The number of aliphatic hydroxyl groups is 1. The first-order valence-corrected chi connectivity index (χ1v) is 7.23. The van der Waals surface area contributed by atoms with Crippen molar-refractivity contribution in [3.8, 4) is 6.07 Å². The summed E-state index contributed by atoms with van der Waals surface area (Å²) >= 11 is 0. The number of nitrogens with zero attached hydrogens (tertiary/aromatic N) is 2. The molecule has 0 aromatic heterocycles. The number of β-amino-alcohol motifs (C(OH)–C–C–N with tert-alkyl or cyclic N) is 1. The summed E-state index contributed by atoms with van der Waals surface area (Å²) in [5, 5.41) is 27.2. The SMILES string of the molecule is N#Cc1ccc(S(=O)(=O)N2C[C@H](O)C[C@@H]2C(=O)O)cc1. The van der Waals surface area contributed by atoms with Gasteiger partial charge in [0.05, 0.1) is 22.6 Å². The first-order chi connectivity index (χ1) is 9.36. The van der Waals surface area contributed by atoms with E-state index in [4.69, 9.17) is 10.4 Å². The van der Waals surface area contributed by atoms with Gasteiger partial charge in [0.25, 0.3) is 0 Å². The molecule has 1 fully saturated rings. The Morgan fingerprint density at radius 1 is 1.35 bits per heavy atom. The van der Waals surface area contributed by atoms with Gasteiger partial charge in [0, 0.05) is 13.0 Å². The number of hydrogen-bond acceptors (Lipinski definition) is 5. The van der Waals surface area contributed by atoms with Gasteiger partial charge in [0.15, 0.2) is 0 Å². The van der Waals surface area contributed by atoms with Crippen molar-refractivity contribution in [1.82, 2.24) is 4.31 Å². The minimum Gasteiger partial charge on any atom is -0.480 e. The number of carboxylic acid groups (broad SMARTS) is 1. The molecule has 1 aromatic rings. The lowest BCUT2D eigenvalue weighted by molar-refractivity contribution is -0.140. The topological polar surface area (TPSA) is 119 Å². The van der Waals surface area contributed by atoms with Crippen molar-refractivity contribution in [1.29, 1.82) is 5.26 Å². The molecule has 0 spiro atoms. The molecule has 1 aromatic carbocycles. The standard InChI is InChI=1S/C12H12N2O5S/c13-6-8-1-3-10(4-2-8)20(18,19)14-7-9(15)5-11(14)12(16)17/h1-4,9,11,15H,5,7H2,(H,16,17)/t9-,11-/m1/s1. The van der Waals surface area contributed by atoms with Crippen LogP contribution in [0.3, 0.4) is 0 Å². The summed E-state index contributed by atoms with van der Waals surface area (Å²) in [7, 11) is -4.01. The van der Waals surface area contributed by atoms with E-state index in [1.54, 1.807) is 0 Å². The summed E-state index contributed by atoms with van der Waals surface area (Å²) in [6.45, 7) is -0.251. The zero-order chi connectivity index (χ0) is 14.9. The summed E-state index contributed by atoms with van der Waals surface area (Å²) in [6, 6.07) is 5.77. The second-order valence-electron chi connectivity index (χ2n) is 4.45. The van der Waals surface area contributed by atoms with Gasteiger partial charge in [-0.05, 0) is 24.3 Å². The maximum atomic E-state index is 12.4. The molecule has 1 heterocycles. The quantitative estimate of drug-likeness (QED) is 0.795. The number of benzene rings is 1. The van der Waals surface area contributed by atoms with E-state index in [-0.39, 0.29) is 17.9 Å². The molecule has 2 atom stereocenters. The summed E-state index contributed by atoms with van der Waals surface area (Å²) in [4.78, 5) is 11.0. The third-order valence-electron chi connectivity index (χ3n) is 3.11. The highest BCUT2D eigenvalue weighted by atomic mass is 32.2. The van der Waals surface area contributed by atoms with Crippen LogP contribution in [-0.4, -0.2) is 47.6 Å². The Labute approximate surface area is 115 Å². The van der Waals surface area contributed by atoms with Crippen molar-refractivity contribution in [2.75, 3.05) is 6.54 Å². The van der Waals surface area contributed by atoms with Crippen molar-refractivity contribution < 1.29 is 23.4 Å². The van der Waals surface area contributed by atoms with Crippen LogP contribution in [0.15, 0.2) is 29.2 Å². The number of sulfonamides is 1. The maximum Gasteiger partial charge on any atom is 0.322 e. The van der Waals surface area contributed by atoms with E-state index in [1.165, 1.54) is 24.3 Å². The van der Waals surface area contributed by atoms with Crippen LogP contribution in [0.4, 0.5) is 0 Å². The van der Waals surface area contributed by atoms with E-state index in [1.807, 2.05) is 6.07 Å². The van der Waals surface area contributed by atoms with Crippen LogP contribution >= 0.6 is 0 Å². The van der Waals surface area contributed by atoms with E-state index < -0.39 is 28.1 Å². The molecule has 20 heavy (non-hydrogen) atoms. The summed E-state index contributed by atoms with van der Waals surface area (Å²) < 4.78 is 25.5. The zero-order valence-corrected chi connectivity index (χ0v) is 11.1. The molecule has 0 radical (unpaired) electrons. The van der Waals surface area contributed by atoms with E-state index in [2.05, 4.69) is 0 Å². The molecule has 8 heteroatoms. The number of aliphatic carboxylic acids is 1. The second kappa shape index (κ2) is 5.20. The third-order valence-corrected chi connectivity index (χ3v) is 5.00. The van der Waals surface area contributed by atoms with Gasteiger partial charge >= 0.3 is 5.97 Å². The van der Waals surface area contributed by atoms with Crippen molar-refractivity contribution >= 4 is 16.0 Å². The molecule has 0 unspecified atom stereocenters. The molecule has 2 N–H and O–H groups in total. The number of carbonyl (C=O) groups is 1. The lowest BCUT2D eigenvalue weighted by Crippen LogP contribution is -2.40. The monoisotopic (exact) mass is 296 g/mol. The Morgan fingerprint density at radius 3 is 2.45 bits per heavy atom. The minimum atomic E-state index is -4.01. The molecule has 0 amide bonds. The van der Waals surface area contributed by atoms with Gasteiger partial charge in [-0.3, -0.25) is 4.79 Å². The highest BCUT2D eigenvalue weighted by molar-refractivity contribution is 7.89. The van der Waals surface area contributed by atoms with Crippen LogP contribution in [0, 0.1) is 11.3 Å². The van der Waals surface area contributed by atoms with Gasteiger partial charge in [-0.15, -0.1) is 0 Å². The molecule has 2 rings (SSSR count). The van der Waals surface area contributed by atoms with Crippen molar-refractivity contribution in [3.05, 3.63) is 29.8 Å². The van der Waals surface area contributed by atoms with Gasteiger partial charge in [0.2, 0.25) is 10.0 Å². The molecular weight excluding hydrogens is 284 g/mol. The van der Waals surface area contributed by atoms with E-state index in [0.29, 0.717) is 5.56 Å². The Bertz CT molecular complexity index is 662. The molecule has 0 saturated carbocycles. The lowest BCUT2D eigenvalue weighted by atomic mass is 10.2. The van der Waals surface area contributed by atoms with Gasteiger partial charge < -0.3 is 10.2 Å². The molecule has 7 nitrogen and oxygen atoms in total. The number of aliphatic hydroxyl groups excluding tert-OH is 1. The fourth-order valence-corrected chi connectivity index (χ4v) is 3.74. The van der Waals surface area contributed by atoms with Gasteiger partial charge in [-0.25, -0.2) is 8.42 Å². The Kier molecular flexibility index (Phi) is 3.76. The first kappa shape index (κ1) is 14.5. The predicted octanol–water partition coefficient (Wildman–Crippen LogP) is -0.233. The fourth-order valence-electron chi connectivity index (χ4n) is 2.11. The summed E-state index contributed by atoms with van der Waals surface area (Å²) in [5.41, 5.74) is 0.306. The van der Waals surface area contributed by atoms with Gasteiger partial charge in [-0.2, -0.15) is 9.57 Å². The maximum absolute atomic E-state index is 12.4. The molecule has 106 valence electrons. The number of carboxylic acids is 1. The Balaban J connectivity index is 2.38. The van der Waals surface area contributed by atoms with Gasteiger partial charge in [-0.1, -0.05) is 0 Å². The first-order valence-electron chi connectivity index (χ1n) is 5.79. The smallest absolute Gasteiger partial charge is 0.322 e. The molecule has 1 saturated heterocycles. The molecule has 1 aliphatic heterocycles. The average Bonchev–Trinajstić information content (AvgIpc) is 2.82. The average molecular weight is 296 g/mol. The van der Waals surface area contributed by atoms with Crippen molar-refractivity contribution in [2.45, 2.75) is 23.5 Å². The van der Waals surface area contributed by atoms with Crippen LogP contribution in [0.5, 0.6) is 0 Å². The largest absolute Gasteiger partial charge is 0.480 e. The Morgan fingerprint density at radius 2 is 1.95 bits per heavy atom. The number of nitriles is 1. The molecule has 1 aliphatic rings. The zero-order valence-electron chi connectivity index (χ0n) is 10.3. The number of rotatable bonds is 3. The number of hydrogen-bond donors (Lipinski definition) is 2. The van der Waals surface area contributed by atoms with Crippen molar-refractivity contribution in [3.63, 3.8) is 0 Å². The molecular formula is C12H12N2O5S. The predicted molar refractivity (Wildman–Crippen MR) is 67.1 cm³/mol. The highest BCUT2D eigenvalue weighted by Crippen LogP contribution is 2.26. The highest BCUT2D eigenvalue weighted by Gasteiger charge is 2.43. The van der Waals surface area contributed by atoms with Crippen LogP contribution < -0.4 is 0 Å². The summed E-state index contributed by atoms with van der Waals surface area (Å²) in [6.07, 6.45) is -1.13. The fraction of sp³-hybridized carbons (Fsp3) is 0.333. The van der Waals surface area contributed by atoms with Crippen LogP contribution in [0.25, 0.3) is 0 Å². The Hall–Kier alpha value is -1.95. The second-order valence-corrected chi connectivity index (χ2v) is 6.35. The van der Waals surface area contributed by atoms with E-state index in [0.717, 1.165) is 4.31 Å². The summed E-state index contributed by atoms with van der Waals surface area (Å²) in [5.74, 6) is -1.29. The lowest BCUT2D eigenvalue weighted by Gasteiger charge is -2.20. The normalized spacial score (nSPS) is 23.4. The van der Waals surface area contributed by atoms with E-state index >= 15 is 0 Å². The van der Waals surface area contributed by atoms with Crippen molar-refractivity contribution in [2.24, 2.45) is 0 Å². The minimum absolute atomic E-state index is 0.100. The third kappa shape index (κ3) is 2.51. The van der Waals surface area contributed by atoms with Crippen LogP contribution in [-0.2, 0) is 14.8 Å². The van der Waals surface area contributed by atoms with Crippen LogP contribution in [0.1, 0.15) is 12.0 Å². The van der Waals surface area contributed by atoms with E-state index in [9.17, 15) is 18.3 Å². The molecule has 0 aliphatic carbocycles. The molecule has 0 bridgehead atoms. The van der Waals surface area contributed by atoms with Crippen LogP contribution in [0.2, 0.25) is 0 Å².